The summed E-state index contributed by atoms with van der Waals surface area (Å²) >= 11 is 0. The zero-order valence-corrected chi connectivity index (χ0v) is 21.5. The molecule has 4 aliphatic heterocycles. The number of rotatable bonds is 4. The Morgan fingerprint density at radius 1 is 1.16 bits per heavy atom. The number of fused-ring (bicyclic) bond motifs is 3. The van der Waals surface area contributed by atoms with Crippen LogP contribution in [0.25, 0.3) is 0 Å². The minimum Gasteiger partial charge on any atom is -0.504 e. The molecule has 5 heterocycles. The van der Waals surface area contributed by atoms with Gasteiger partial charge >= 0.3 is 6.03 Å². The van der Waals surface area contributed by atoms with Crippen LogP contribution in [0.3, 0.4) is 0 Å². The third-order valence-corrected chi connectivity index (χ3v) is 10.8. The van der Waals surface area contributed by atoms with Crippen molar-refractivity contribution in [3.63, 3.8) is 0 Å². The van der Waals surface area contributed by atoms with Gasteiger partial charge in [0.2, 0.25) is 0 Å². The Bertz CT molecular complexity index is 1270. The molecule has 3 saturated heterocycles. The summed E-state index contributed by atoms with van der Waals surface area (Å²) in [7, 11) is 1.88. The molecule has 8 heteroatoms. The summed E-state index contributed by atoms with van der Waals surface area (Å²) in [6.07, 6.45) is 12.9. The summed E-state index contributed by atoms with van der Waals surface area (Å²) in [6, 6.07) is 4.51. The normalized spacial score (nSPS) is 35.1. The number of piperidine rings is 1. The van der Waals surface area contributed by atoms with Crippen LogP contribution in [0.15, 0.2) is 30.9 Å². The van der Waals surface area contributed by atoms with E-state index in [4.69, 9.17) is 4.74 Å². The Kier molecular flexibility index (Phi) is 4.54. The van der Waals surface area contributed by atoms with Crippen molar-refractivity contribution < 1.29 is 14.6 Å². The van der Waals surface area contributed by atoms with Gasteiger partial charge in [0.1, 0.15) is 12.4 Å². The quantitative estimate of drug-likeness (QED) is 0.692. The van der Waals surface area contributed by atoms with Crippen molar-refractivity contribution in [3.8, 4) is 11.5 Å². The molecular weight excluding hydrogens is 466 g/mol. The third kappa shape index (κ3) is 2.85. The number of urea groups is 1. The first-order chi connectivity index (χ1) is 18.0. The number of ether oxygens (including phenoxy) is 1. The van der Waals surface area contributed by atoms with Gasteiger partial charge in [0.25, 0.3) is 0 Å². The lowest BCUT2D eigenvalue weighted by Crippen LogP contribution is -2.73. The van der Waals surface area contributed by atoms with Crippen LogP contribution in [-0.4, -0.2) is 80.7 Å². The van der Waals surface area contributed by atoms with Gasteiger partial charge in [-0.3, -0.25) is 4.90 Å². The molecule has 2 aromatic rings. The number of phenolic OH excluding ortho intramolecular Hbond substituents is 1. The summed E-state index contributed by atoms with van der Waals surface area (Å²) in [5.41, 5.74) is 3.53. The second-order valence-electron chi connectivity index (χ2n) is 12.5. The van der Waals surface area contributed by atoms with Crippen molar-refractivity contribution >= 4 is 6.03 Å². The molecule has 5 atom stereocenters. The molecule has 2 spiro atoms. The predicted molar refractivity (Wildman–Crippen MR) is 136 cm³/mol. The van der Waals surface area contributed by atoms with Gasteiger partial charge in [-0.15, -0.1) is 0 Å². The van der Waals surface area contributed by atoms with Gasteiger partial charge < -0.3 is 19.6 Å². The molecule has 1 aromatic heterocycles. The molecule has 37 heavy (non-hydrogen) atoms. The van der Waals surface area contributed by atoms with E-state index in [1.54, 1.807) is 17.3 Å². The van der Waals surface area contributed by atoms with E-state index >= 15 is 0 Å². The molecule has 194 valence electrons. The molecule has 3 aliphatic carbocycles. The maximum Gasteiger partial charge on any atom is 0.320 e. The van der Waals surface area contributed by atoms with Crippen LogP contribution in [0, 0.1) is 11.3 Å². The van der Waals surface area contributed by atoms with E-state index < -0.39 is 0 Å². The Labute approximate surface area is 217 Å². The van der Waals surface area contributed by atoms with Crippen LogP contribution in [0.5, 0.6) is 11.5 Å². The molecule has 2 amide bonds. The van der Waals surface area contributed by atoms with E-state index in [-0.39, 0.29) is 34.8 Å². The van der Waals surface area contributed by atoms with Crippen LogP contribution < -0.4 is 4.74 Å². The van der Waals surface area contributed by atoms with Crippen molar-refractivity contribution in [3.05, 3.63) is 47.5 Å². The maximum atomic E-state index is 14.0. The average Bonchev–Trinajstić information content (AvgIpc) is 3.70. The molecule has 4 bridgehead atoms. The van der Waals surface area contributed by atoms with E-state index in [2.05, 4.69) is 25.8 Å². The topological polar surface area (TPSA) is 82.0 Å². The Balaban J connectivity index is 1.21. The van der Waals surface area contributed by atoms with Crippen molar-refractivity contribution in [1.29, 1.82) is 0 Å². The summed E-state index contributed by atoms with van der Waals surface area (Å²) in [4.78, 5) is 28.9. The molecule has 7 aliphatic rings. The summed E-state index contributed by atoms with van der Waals surface area (Å²) in [6.45, 7) is 3.54. The molecule has 0 radical (unpaired) electrons. The largest absolute Gasteiger partial charge is 0.504 e. The number of phenols is 1. The molecule has 5 fully saturated rings. The number of aromatic hydroxyl groups is 1. The van der Waals surface area contributed by atoms with Crippen LogP contribution in [0.1, 0.15) is 55.2 Å². The highest BCUT2D eigenvalue weighted by atomic mass is 16.5. The zero-order valence-electron chi connectivity index (χ0n) is 21.5. The number of carbonyl (C=O) groups excluding carboxylic acids is 1. The number of amides is 2. The lowest BCUT2D eigenvalue weighted by Gasteiger charge is -2.66. The van der Waals surface area contributed by atoms with Gasteiger partial charge in [-0.1, -0.05) is 6.07 Å². The van der Waals surface area contributed by atoms with Crippen molar-refractivity contribution in [2.75, 3.05) is 26.7 Å². The van der Waals surface area contributed by atoms with E-state index in [0.717, 1.165) is 56.7 Å². The highest BCUT2D eigenvalue weighted by molar-refractivity contribution is 5.75. The van der Waals surface area contributed by atoms with E-state index in [1.165, 1.54) is 36.8 Å². The fourth-order valence-corrected chi connectivity index (χ4v) is 9.20. The standard InChI is InChI=1S/C29H35N5O3/c1-32(15-19-13-30-17-31-14-19)27(36)34-11-8-28-7-6-21(34)26-29(28)9-10-33(16-18-2-3-18)23(28)12-20-4-5-22(35)25(37-26)24(20)29/h4-5,13-14,17-18,21,23,26,35H,2-3,6-12,15-16H2,1H3/t21-,23-,26+,28-,29+/m1/s1. The first-order valence-electron chi connectivity index (χ1n) is 14.0. The zero-order chi connectivity index (χ0) is 24.9. The summed E-state index contributed by atoms with van der Waals surface area (Å²) < 4.78 is 6.82. The Morgan fingerprint density at radius 3 is 2.81 bits per heavy atom. The molecule has 1 aromatic carbocycles. The number of hydrogen-bond acceptors (Lipinski definition) is 6. The predicted octanol–water partition coefficient (Wildman–Crippen LogP) is 3.33. The third-order valence-electron chi connectivity index (χ3n) is 10.8. The van der Waals surface area contributed by atoms with Crippen LogP contribution in [0.4, 0.5) is 4.79 Å². The van der Waals surface area contributed by atoms with Gasteiger partial charge in [-0.2, -0.15) is 0 Å². The highest BCUT2D eigenvalue weighted by Crippen LogP contribution is 2.71. The molecule has 8 nitrogen and oxygen atoms in total. The van der Waals surface area contributed by atoms with Crippen molar-refractivity contribution in [1.82, 2.24) is 24.7 Å². The monoisotopic (exact) mass is 501 g/mol. The first kappa shape index (κ1) is 22.1. The number of nitrogens with zero attached hydrogens (tertiary/aromatic N) is 5. The second kappa shape index (κ2) is 7.59. The number of benzene rings is 1. The van der Waals surface area contributed by atoms with Gasteiger partial charge in [-0.25, -0.2) is 14.8 Å². The molecule has 0 unspecified atom stereocenters. The fraction of sp³-hybridized carbons (Fsp3) is 0.621. The maximum absolute atomic E-state index is 14.0. The summed E-state index contributed by atoms with van der Waals surface area (Å²) in [5.74, 6) is 1.82. The number of hydrogen-bond donors (Lipinski definition) is 1. The smallest absolute Gasteiger partial charge is 0.320 e. The molecular formula is C29H35N5O3. The van der Waals surface area contributed by atoms with Crippen molar-refractivity contribution in [2.45, 2.75) is 75.1 Å². The second-order valence-corrected chi connectivity index (χ2v) is 12.5. The van der Waals surface area contributed by atoms with Crippen LogP contribution >= 0.6 is 0 Å². The molecule has 2 saturated carbocycles. The first-order valence-corrected chi connectivity index (χ1v) is 14.0. The molecule has 9 rings (SSSR count). The lowest BCUT2D eigenvalue weighted by molar-refractivity contribution is -0.129. The minimum absolute atomic E-state index is 0.00554. The number of aromatic nitrogens is 2. The van der Waals surface area contributed by atoms with Gasteiger partial charge in [0, 0.05) is 60.5 Å². The highest BCUT2D eigenvalue weighted by Gasteiger charge is 2.74. The van der Waals surface area contributed by atoms with Crippen LogP contribution in [0.2, 0.25) is 0 Å². The number of likely N-dealkylation sites (tertiary alicyclic amines) is 1. The Morgan fingerprint density at radius 2 is 2.00 bits per heavy atom. The van der Waals surface area contributed by atoms with Gasteiger partial charge in [-0.05, 0) is 69.0 Å². The van der Waals surface area contributed by atoms with Gasteiger partial charge in [0.05, 0.1) is 12.6 Å². The van der Waals surface area contributed by atoms with Crippen LogP contribution in [-0.2, 0) is 18.4 Å². The Hall–Kier alpha value is -2.87. The van der Waals surface area contributed by atoms with E-state index in [9.17, 15) is 9.90 Å². The van der Waals surface area contributed by atoms with E-state index in [0.29, 0.717) is 18.3 Å². The van der Waals surface area contributed by atoms with E-state index in [1.807, 2.05) is 13.1 Å². The fourth-order valence-electron chi connectivity index (χ4n) is 9.20. The molecule has 1 N–H and O–H groups in total. The van der Waals surface area contributed by atoms with Crippen molar-refractivity contribution in [2.24, 2.45) is 11.3 Å². The van der Waals surface area contributed by atoms with Gasteiger partial charge in [0.15, 0.2) is 11.5 Å². The number of carbonyl (C=O) groups is 1. The minimum atomic E-state index is -0.122. The SMILES string of the molecule is CN(Cc1cncnc1)C(=O)N1CC[C@@]23CC[C@@H]1[C@@H]1Oc4c(O)ccc5c4[C@@]12CCN(CC1CC1)[C@@H]3C5. The lowest BCUT2D eigenvalue weighted by atomic mass is 9.42. The average molecular weight is 502 g/mol. The summed E-state index contributed by atoms with van der Waals surface area (Å²) in [5, 5.41) is 10.9.